The lowest BCUT2D eigenvalue weighted by molar-refractivity contribution is -0.137. The minimum absolute atomic E-state index is 0.0622. The van der Waals surface area contributed by atoms with Crippen molar-refractivity contribution in [2.24, 2.45) is 5.73 Å². The van der Waals surface area contributed by atoms with E-state index in [4.69, 9.17) is 5.73 Å². The number of benzene rings is 1. The summed E-state index contributed by atoms with van der Waals surface area (Å²) in [6.07, 6.45) is 0.860. The van der Waals surface area contributed by atoms with E-state index < -0.39 is 17.7 Å². The van der Waals surface area contributed by atoms with E-state index in [0.29, 0.717) is 19.4 Å². The normalized spacial score (nSPS) is 24.4. The third kappa shape index (κ3) is 2.10. The van der Waals surface area contributed by atoms with Crippen LogP contribution in [0.1, 0.15) is 31.4 Å². The molecule has 5 heteroatoms. The van der Waals surface area contributed by atoms with Crippen molar-refractivity contribution >= 4 is 5.91 Å². The van der Waals surface area contributed by atoms with Crippen LogP contribution in [0.5, 0.6) is 0 Å². The first kappa shape index (κ1) is 13.0. The number of likely N-dealkylation sites (tertiary alicyclic amines) is 1. The highest BCUT2D eigenvalue weighted by Crippen LogP contribution is 2.32. The van der Waals surface area contributed by atoms with Crippen molar-refractivity contribution in [1.82, 2.24) is 4.90 Å². The van der Waals surface area contributed by atoms with Gasteiger partial charge in [0.25, 0.3) is 0 Å². The van der Waals surface area contributed by atoms with Crippen molar-refractivity contribution in [2.45, 2.75) is 31.8 Å². The van der Waals surface area contributed by atoms with E-state index in [1.165, 1.54) is 17.0 Å². The number of amides is 1. The molecule has 1 aromatic rings. The fraction of sp³-hybridized carbons (Fsp3) is 0.462. The molecule has 1 aliphatic heterocycles. The Morgan fingerprint density at radius 2 is 2.17 bits per heavy atom. The minimum atomic E-state index is -0.911. The van der Waals surface area contributed by atoms with Crippen LogP contribution in [-0.4, -0.2) is 23.4 Å². The maximum atomic E-state index is 13.8. The second-order valence-electron chi connectivity index (χ2n) is 4.47. The lowest BCUT2D eigenvalue weighted by atomic mass is 9.90. The Balaban J connectivity index is 2.45. The van der Waals surface area contributed by atoms with Crippen LogP contribution in [0.4, 0.5) is 8.78 Å². The molecule has 1 aromatic carbocycles. The van der Waals surface area contributed by atoms with E-state index in [-0.39, 0.29) is 17.5 Å². The molecule has 0 radical (unpaired) electrons. The number of nitrogens with zero attached hydrogens (tertiary/aromatic N) is 1. The molecule has 1 aliphatic rings. The summed E-state index contributed by atoms with van der Waals surface area (Å²) in [5.41, 5.74) is 6.14. The van der Waals surface area contributed by atoms with Crippen LogP contribution in [0.25, 0.3) is 0 Å². The maximum absolute atomic E-state index is 13.8. The zero-order valence-corrected chi connectivity index (χ0v) is 10.2. The summed E-state index contributed by atoms with van der Waals surface area (Å²) >= 11 is 0. The molecule has 0 saturated carbocycles. The zero-order valence-electron chi connectivity index (χ0n) is 10.2. The number of rotatable bonds is 2. The van der Waals surface area contributed by atoms with Gasteiger partial charge >= 0.3 is 0 Å². The second-order valence-corrected chi connectivity index (χ2v) is 4.47. The number of carbonyl (C=O) groups excluding carboxylic acids is 1. The summed E-state index contributed by atoms with van der Waals surface area (Å²) < 4.78 is 27.1. The first-order valence-electron chi connectivity index (χ1n) is 6.05. The van der Waals surface area contributed by atoms with Gasteiger partial charge in [0.1, 0.15) is 0 Å². The van der Waals surface area contributed by atoms with Gasteiger partial charge in [-0.2, -0.15) is 0 Å². The molecule has 98 valence electrons. The average molecular weight is 254 g/mol. The van der Waals surface area contributed by atoms with Gasteiger partial charge in [-0.05, 0) is 19.4 Å². The molecule has 2 unspecified atom stereocenters. The molecule has 1 heterocycles. The molecular formula is C13H16F2N2O. The maximum Gasteiger partial charge on any atom is 0.223 e. The van der Waals surface area contributed by atoms with Gasteiger partial charge in [-0.15, -0.1) is 0 Å². The summed E-state index contributed by atoms with van der Waals surface area (Å²) in [4.78, 5) is 13.3. The van der Waals surface area contributed by atoms with E-state index in [1.807, 2.05) is 0 Å². The van der Waals surface area contributed by atoms with Crippen LogP contribution >= 0.6 is 0 Å². The van der Waals surface area contributed by atoms with Crippen molar-refractivity contribution in [2.75, 3.05) is 6.54 Å². The quantitative estimate of drug-likeness (QED) is 0.877. The van der Waals surface area contributed by atoms with Crippen LogP contribution in [-0.2, 0) is 4.79 Å². The number of halogens is 2. The van der Waals surface area contributed by atoms with Crippen molar-refractivity contribution < 1.29 is 13.6 Å². The molecule has 1 saturated heterocycles. The van der Waals surface area contributed by atoms with Crippen LogP contribution in [0.15, 0.2) is 18.2 Å². The third-order valence-electron chi connectivity index (χ3n) is 3.39. The van der Waals surface area contributed by atoms with E-state index in [1.54, 1.807) is 6.92 Å². The Bertz CT molecular complexity index is 464. The highest BCUT2D eigenvalue weighted by atomic mass is 19.2. The van der Waals surface area contributed by atoms with Gasteiger partial charge in [0.2, 0.25) is 5.91 Å². The molecule has 0 bridgehead atoms. The third-order valence-corrected chi connectivity index (χ3v) is 3.39. The van der Waals surface area contributed by atoms with E-state index in [9.17, 15) is 13.6 Å². The highest BCUT2D eigenvalue weighted by molar-refractivity contribution is 5.77. The standard InChI is InChI=1S/C13H16F2N2O/c1-2-17-11(18)7-6-10(16)13(17)8-4-3-5-9(14)12(8)15/h3-5,10,13H,2,6-7,16H2,1H3. The largest absolute Gasteiger partial charge is 0.334 e. The van der Waals surface area contributed by atoms with Gasteiger partial charge in [0, 0.05) is 24.6 Å². The summed E-state index contributed by atoms with van der Waals surface area (Å²) in [6.45, 7) is 2.24. The van der Waals surface area contributed by atoms with Gasteiger partial charge in [0.15, 0.2) is 11.6 Å². The fourth-order valence-corrected chi connectivity index (χ4v) is 2.50. The van der Waals surface area contributed by atoms with Gasteiger partial charge in [-0.1, -0.05) is 12.1 Å². The SMILES string of the molecule is CCN1C(=O)CCC(N)C1c1cccc(F)c1F. The molecule has 2 atom stereocenters. The topological polar surface area (TPSA) is 46.3 Å². The Hall–Kier alpha value is -1.49. The molecule has 1 amide bonds. The zero-order chi connectivity index (χ0) is 13.3. The molecule has 3 nitrogen and oxygen atoms in total. The Morgan fingerprint density at radius 1 is 1.44 bits per heavy atom. The van der Waals surface area contributed by atoms with Crippen LogP contribution < -0.4 is 5.73 Å². The molecule has 2 rings (SSSR count). The highest BCUT2D eigenvalue weighted by Gasteiger charge is 2.35. The van der Waals surface area contributed by atoms with Crippen molar-refractivity contribution in [1.29, 1.82) is 0 Å². The summed E-state index contributed by atoms with van der Waals surface area (Å²) in [6, 6.07) is 3.05. The Kier molecular flexibility index (Phi) is 3.61. The van der Waals surface area contributed by atoms with Gasteiger partial charge in [-0.3, -0.25) is 4.79 Å². The molecule has 2 N–H and O–H groups in total. The number of piperidine rings is 1. The van der Waals surface area contributed by atoms with Crippen molar-refractivity contribution in [3.63, 3.8) is 0 Å². The predicted molar refractivity (Wildman–Crippen MR) is 63.7 cm³/mol. The van der Waals surface area contributed by atoms with Crippen molar-refractivity contribution in [3.05, 3.63) is 35.4 Å². The predicted octanol–water partition coefficient (Wildman–Crippen LogP) is 1.98. The Labute approximate surface area is 105 Å². The minimum Gasteiger partial charge on any atom is -0.334 e. The fourth-order valence-electron chi connectivity index (χ4n) is 2.50. The lowest BCUT2D eigenvalue weighted by Gasteiger charge is -2.39. The monoisotopic (exact) mass is 254 g/mol. The molecule has 18 heavy (non-hydrogen) atoms. The van der Waals surface area contributed by atoms with Crippen LogP contribution in [0, 0.1) is 11.6 Å². The average Bonchev–Trinajstić information content (AvgIpc) is 2.36. The van der Waals surface area contributed by atoms with Gasteiger partial charge in [-0.25, -0.2) is 8.78 Å². The van der Waals surface area contributed by atoms with E-state index in [0.717, 1.165) is 6.07 Å². The molecule has 0 aliphatic carbocycles. The second kappa shape index (κ2) is 5.02. The van der Waals surface area contributed by atoms with Crippen LogP contribution in [0.3, 0.4) is 0 Å². The lowest BCUT2D eigenvalue weighted by Crippen LogP contribution is -2.49. The number of likely N-dealkylation sites (N-methyl/N-ethyl adjacent to an activating group) is 1. The van der Waals surface area contributed by atoms with Crippen LogP contribution in [0.2, 0.25) is 0 Å². The molecule has 0 spiro atoms. The molecule has 1 fully saturated rings. The van der Waals surface area contributed by atoms with E-state index in [2.05, 4.69) is 0 Å². The summed E-state index contributed by atoms with van der Waals surface area (Å²) in [5.74, 6) is -1.88. The first-order valence-corrected chi connectivity index (χ1v) is 6.05. The number of carbonyl (C=O) groups is 1. The molecule has 0 aromatic heterocycles. The van der Waals surface area contributed by atoms with Gasteiger partial charge in [0.05, 0.1) is 6.04 Å². The molecular weight excluding hydrogens is 238 g/mol. The van der Waals surface area contributed by atoms with E-state index >= 15 is 0 Å². The summed E-state index contributed by atoms with van der Waals surface area (Å²) in [5, 5.41) is 0. The smallest absolute Gasteiger partial charge is 0.223 e. The van der Waals surface area contributed by atoms with Crippen molar-refractivity contribution in [3.8, 4) is 0 Å². The van der Waals surface area contributed by atoms with Gasteiger partial charge < -0.3 is 10.6 Å². The Morgan fingerprint density at radius 3 is 2.83 bits per heavy atom. The first-order chi connectivity index (χ1) is 8.56. The number of hydrogen-bond acceptors (Lipinski definition) is 2. The summed E-state index contributed by atoms with van der Waals surface area (Å²) in [7, 11) is 0. The number of nitrogens with two attached hydrogens (primary N) is 1. The number of hydrogen-bond donors (Lipinski definition) is 1.